The molecule has 4 rings (SSSR count). The number of anilines is 1. The van der Waals surface area contributed by atoms with Crippen molar-refractivity contribution in [1.29, 1.82) is 0 Å². The van der Waals surface area contributed by atoms with Crippen molar-refractivity contribution in [3.63, 3.8) is 0 Å². The second-order valence-electron chi connectivity index (χ2n) is 8.28. The van der Waals surface area contributed by atoms with E-state index < -0.39 is 0 Å². The molecule has 2 amide bonds. The Balaban J connectivity index is 1.21. The second kappa shape index (κ2) is 9.79. The summed E-state index contributed by atoms with van der Waals surface area (Å²) in [6.45, 7) is 2.42. The molecule has 0 aliphatic carbocycles. The number of hydrogen-bond acceptors (Lipinski definition) is 3. The molecule has 0 aromatic heterocycles. The Kier molecular flexibility index (Phi) is 6.67. The van der Waals surface area contributed by atoms with E-state index in [-0.39, 0.29) is 18.4 Å². The fourth-order valence-corrected chi connectivity index (χ4v) is 4.39. The van der Waals surface area contributed by atoms with Gasteiger partial charge >= 0.3 is 0 Å². The predicted molar refractivity (Wildman–Crippen MR) is 118 cm³/mol. The van der Waals surface area contributed by atoms with E-state index >= 15 is 0 Å². The van der Waals surface area contributed by atoms with E-state index in [0.717, 1.165) is 51.0 Å². The fourth-order valence-electron chi connectivity index (χ4n) is 4.39. The van der Waals surface area contributed by atoms with Gasteiger partial charge in [-0.2, -0.15) is 0 Å². The van der Waals surface area contributed by atoms with Crippen LogP contribution in [0.2, 0.25) is 0 Å². The van der Waals surface area contributed by atoms with Crippen LogP contribution >= 0.6 is 0 Å². The van der Waals surface area contributed by atoms with Crippen molar-refractivity contribution in [2.24, 2.45) is 5.92 Å². The van der Waals surface area contributed by atoms with E-state index in [1.807, 2.05) is 29.2 Å². The van der Waals surface area contributed by atoms with Gasteiger partial charge in [-0.15, -0.1) is 0 Å². The van der Waals surface area contributed by atoms with Gasteiger partial charge in [-0.1, -0.05) is 36.4 Å². The number of nitrogens with zero attached hydrogens (tertiary/aromatic N) is 2. The number of carbonyl (C=O) groups is 2. The lowest BCUT2D eigenvalue weighted by Crippen LogP contribution is -2.41. The second-order valence-corrected chi connectivity index (χ2v) is 8.28. The molecule has 0 atom stereocenters. The van der Waals surface area contributed by atoms with Crippen LogP contribution in [-0.4, -0.2) is 43.0 Å². The zero-order chi connectivity index (χ0) is 20.8. The summed E-state index contributed by atoms with van der Waals surface area (Å²) in [6, 6.07) is 18.1. The van der Waals surface area contributed by atoms with Crippen LogP contribution in [0.15, 0.2) is 54.6 Å². The van der Waals surface area contributed by atoms with Gasteiger partial charge in [0.2, 0.25) is 5.91 Å². The minimum Gasteiger partial charge on any atom is -0.484 e. The van der Waals surface area contributed by atoms with E-state index in [0.29, 0.717) is 18.1 Å². The predicted octanol–water partition coefficient (Wildman–Crippen LogP) is 4.06. The Bertz CT molecular complexity index is 860. The fraction of sp³-hybridized carbons (Fsp3) is 0.440. The normalized spacial score (nSPS) is 17.4. The van der Waals surface area contributed by atoms with E-state index in [2.05, 4.69) is 30.3 Å². The van der Waals surface area contributed by atoms with Crippen molar-refractivity contribution < 1.29 is 14.3 Å². The van der Waals surface area contributed by atoms with Gasteiger partial charge < -0.3 is 14.5 Å². The minimum atomic E-state index is 0.0409. The zero-order valence-electron chi connectivity index (χ0n) is 17.5. The third-order valence-electron chi connectivity index (χ3n) is 6.22. The van der Waals surface area contributed by atoms with Crippen LogP contribution in [0.5, 0.6) is 5.75 Å². The average molecular weight is 407 g/mol. The van der Waals surface area contributed by atoms with Crippen LogP contribution in [0, 0.1) is 5.92 Å². The molecule has 2 aliphatic rings. The molecule has 5 nitrogen and oxygen atoms in total. The standard InChI is InChI=1S/C25H30N2O3/c28-24-10-5-15-27(24)22-8-4-9-23(18-22)30-19-25(29)26-16-13-21(14-17-26)12-11-20-6-2-1-3-7-20/h1-4,6-9,18,21H,5,10-17,19H2. The van der Waals surface area contributed by atoms with Gasteiger partial charge in [0.15, 0.2) is 6.61 Å². The van der Waals surface area contributed by atoms with Gasteiger partial charge in [0.05, 0.1) is 0 Å². The summed E-state index contributed by atoms with van der Waals surface area (Å²) < 4.78 is 5.76. The maximum atomic E-state index is 12.6. The van der Waals surface area contributed by atoms with Crippen molar-refractivity contribution in [3.05, 3.63) is 60.2 Å². The summed E-state index contributed by atoms with van der Waals surface area (Å²) in [6.07, 6.45) is 5.91. The number of benzene rings is 2. The molecule has 2 heterocycles. The van der Waals surface area contributed by atoms with Gasteiger partial charge in [-0.25, -0.2) is 0 Å². The molecule has 30 heavy (non-hydrogen) atoms. The topological polar surface area (TPSA) is 49.9 Å². The van der Waals surface area contributed by atoms with E-state index in [9.17, 15) is 9.59 Å². The molecule has 5 heteroatoms. The van der Waals surface area contributed by atoms with Crippen molar-refractivity contribution in [2.45, 2.75) is 38.5 Å². The average Bonchev–Trinajstić information content (AvgIpc) is 3.23. The highest BCUT2D eigenvalue weighted by Gasteiger charge is 2.24. The first-order chi connectivity index (χ1) is 14.7. The Morgan fingerprint density at radius 1 is 1.00 bits per heavy atom. The van der Waals surface area contributed by atoms with E-state index in [4.69, 9.17) is 4.74 Å². The highest BCUT2D eigenvalue weighted by molar-refractivity contribution is 5.95. The molecule has 0 bridgehead atoms. The number of hydrogen-bond donors (Lipinski definition) is 0. The Hall–Kier alpha value is -2.82. The van der Waals surface area contributed by atoms with Crippen molar-refractivity contribution in [3.8, 4) is 5.75 Å². The first-order valence-corrected chi connectivity index (χ1v) is 11.0. The highest BCUT2D eigenvalue weighted by Crippen LogP contribution is 2.26. The molecule has 2 aromatic carbocycles. The molecule has 2 aromatic rings. The first kappa shape index (κ1) is 20.5. The number of piperidine rings is 1. The third kappa shape index (κ3) is 5.21. The largest absolute Gasteiger partial charge is 0.484 e. The summed E-state index contributed by atoms with van der Waals surface area (Å²) in [5.41, 5.74) is 2.24. The number of likely N-dealkylation sites (tertiary alicyclic amines) is 1. The number of carbonyl (C=O) groups excluding carboxylic acids is 2. The molecule has 158 valence electrons. The minimum absolute atomic E-state index is 0.0409. The van der Waals surface area contributed by atoms with Crippen LogP contribution in [-0.2, 0) is 16.0 Å². The lowest BCUT2D eigenvalue weighted by Gasteiger charge is -2.32. The van der Waals surface area contributed by atoms with Crippen LogP contribution in [0.4, 0.5) is 5.69 Å². The molecule has 0 N–H and O–H groups in total. The number of amides is 2. The van der Waals surface area contributed by atoms with Crippen LogP contribution in [0.25, 0.3) is 0 Å². The summed E-state index contributed by atoms with van der Waals surface area (Å²) in [7, 11) is 0. The van der Waals surface area contributed by atoms with Crippen molar-refractivity contribution in [2.75, 3.05) is 31.1 Å². The summed E-state index contributed by atoms with van der Waals surface area (Å²) >= 11 is 0. The van der Waals surface area contributed by atoms with Crippen molar-refractivity contribution >= 4 is 17.5 Å². The summed E-state index contributed by atoms with van der Waals surface area (Å²) in [4.78, 5) is 28.2. The molecular formula is C25H30N2O3. The number of ether oxygens (including phenoxy) is 1. The van der Waals surface area contributed by atoms with Gasteiger partial charge in [-0.05, 0) is 55.7 Å². The first-order valence-electron chi connectivity index (χ1n) is 11.0. The molecule has 0 spiro atoms. The molecule has 0 radical (unpaired) electrons. The van der Waals surface area contributed by atoms with Gasteiger partial charge in [0, 0.05) is 37.8 Å². The highest BCUT2D eigenvalue weighted by atomic mass is 16.5. The van der Waals surface area contributed by atoms with Crippen molar-refractivity contribution in [1.82, 2.24) is 4.90 Å². The number of aryl methyl sites for hydroxylation is 1. The summed E-state index contributed by atoms with van der Waals surface area (Å²) in [5, 5.41) is 0. The molecule has 2 fully saturated rings. The molecule has 0 saturated carbocycles. The molecule has 2 aliphatic heterocycles. The van der Waals surface area contributed by atoms with Gasteiger partial charge in [-0.3, -0.25) is 9.59 Å². The zero-order valence-corrected chi connectivity index (χ0v) is 17.5. The number of rotatable bonds is 7. The molecule has 2 saturated heterocycles. The van der Waals surface area contributed by atoms with E-state index in [1.165, 1.54) is 12.0 Å². The van der Waals surface area contributed by atoms with Gasteiger partial charge in [0.25, 0.3) is 5.91 Å². The monoisotopic (exact) mass is 406 g/mol. The third-order valence-corrected chi connectivity index (χ3v) is 6.22. The lowest BCUT2D eigenvalue weighted by molar-refractivity contribution is -0.134. The van der Waals surface area contributed by atoms with Crippen LogP contribution in [0.3, 0.4) is 0 Å². The van der Waals surface area contributed by atoms with Crippen LogP contribution in [0.1, 0.15) is 37.7 Å². The SMILES string of the molecule is O=C(COc1cccc(N2CCCC2=O)c1)N1CCC(CCc2ccccc2)CC1. The lowest BCUT2D eigenvalue weighted by atomic mass is 9.90. The maximum absolute atomic E-state index is 12.6. The smallest absolute Gasteiger partial charge is 0.260 e. The quantitative estimate of drug-likeness (QED) is 0.697. The van der Waals surface area contributed by atoms with E-state index in [1.54, 1.807) is 4.90 Å². The maximum Gasteiger partial charge on any atom is 0.260 e. The molecule has 0 unspecified atom stereocenters. The Morgan fingerprint density at radius 3 is 2.53 bits per heavy atom. The Labute approximate surface area is 178 Å². The summed E-state index contributed by atoms with van der Waals surface area (Å²) in [5.74, 6) is 1.51. The Morgan fingerprint density at radius 2 is 1.80 bits per heavy atom. The van der Waals surface area contributed by atoms with Gasteiger partial charge in [0.1, 0.15) is 5.75 Å². The van der Waals surface area contributed by atoms with Crippen LogP contribution < -0.4 is 9.64 Å². The molecular weight excluding hydrogens is 376 g/mol.